The van der Waals surface area contributed by atoms with Crippen LogP contribution in [0.25, 0.3) is 10.9 Å². The number of allylic oxidation sites excluding steroid dienone is 2. The zero-order valence-electron chi connectivity index (χ0n) is 16.1. The van der Waals surface area contributed by atoms with E-state index in [2.05, 4.69) is 41.3 Å². The van der Waals surface area contributed by atoms with E-state index < -0.39 is 0 Å². The van der Waals surface area contributed by atoms with Gasteiger partial charge in [0.2, 0.25) is 0 Å². The Labute approximate surface area is 171 Å². The normalized spacial score (nSPS) is 16.2. The Balaban J connectivity index is 1.38. The molecule has 3 nitrogen and oxygen atoms in total. The van der Waals surface area contributed by atoms with E-state index in [1.165, 1.54) is 5.56 Å². The van der Waals surface area contributed by atoms with Gasteiger partial charge in [0.05, 0.1) is 0 Å². The molecule has 4 rings (SSSR count). The SMILES string of the molecule is Cn1cc(C(=O)C=CC2CCN(Cc3ccccc3)CC2)c2cc(Cl)ccc21. The van der Waals surface area contributed by atoms with Gasteiger partial charge in [0.1, 0.15) is 0 Å². The Bertz CT molecular complexity index is 998. The molecule has 1 fully saturated rings. The van der Waals surface area contributed by atoms with Crippen LogP contribution in [-0.4, -0.2) is 28.3 Å². The fourth-order valence-corrected chi connectivity index (χ4v) is 4.19. The fourth-order valence-electron chi connectivity index (χ4n) is 4.02. The van der Waals surface area contributed by atoms with Gasteiger partial charge in [-0.25, -0.2) is 0 Å². The topological polar surface area (TPSA) is 25.2 Å². The van der Waals surface area contributed by atoms with Crippen molar-refractivity contribution in [2.24, 2.45) is 13.0 Å². The number of nitrogens with zero attached hydrogens (tertiary/aromatic N) is 2. The monoisotopic (exact) mass is 392 g/mol. The summed E-state index contributed by atoms with van der Waals surface area (Å²) in [4.78, 5) is 15.3. The Kier molecular flexibility index (Phi) is 5.65. The van der Waals surface area contributed by atoms with Crippen LogP contribution in [0.5, 0.6) is 0 Å². The van der Waals surface area contributed by atoms with Crippen molar-refractivity contribution in [1.29, 1.82) is 0 Å². The average molecular weight is 393 g/mol. The largest absolute Gasteiger partial charge is 0.350 e. The van der Waals surface area contributed by atoms with Crippen molar-refractivity contribution in [1.82, 2.24) is 9.47 Å². The molecule has 1 aromatic heterocycles. The molecule has 4 heteroatoms. The molecule has 3 aromatic rings. The Morgan fingerprint density at radius 1 is 1.14 bits per heavy atom. The summed E-state index contributed by atoms with van der Waals surface area (Å²) in [6.45, 7) is 3.15. The number of aromatic nitrogens is 1. The van der Waals surface area contributed by atoms with E-state index in [0.29, 0.717) is 10.9 Å². The first-order chi connectivity index (χ1) is 13.6. The first kappa shape index (κ1) is 19.0. The second-order valence-electron chi connectivity index (χ2n) is 7.64. The highest BCUT2D eigenvalue weighted by molar-refractivity contribution is 6.31. The highest BCUT2D eigenvalue weighted by Gasteiger charge is 2.18. The third-order valence-corrected chi connectivity index (χ3v) is 5.85. The van der Waals surface area contributed by atoms with E-state index in [9.17, 15) is 4.79 Å². The summed E-state index contributed by atoms with van der Waals surface area (Å²) in [5.74, 6) is 0.522. The number of benzene rings is 2. The zero-order chi connectivity index (χ0) is 19.5. The van der Waals surface area contributed by atoms with Crippen molar-refractivity contribution in [2.75, 3.05) is 13.1 Å². The van der Waals surface area contributed by atoms with Crippen molar-refractivity contribution >= 4 is 28.3 Å². The van der Waals surface area contributed by atoms with E-state index in [0.717, 1.165) is 48.9 Å². The van der Waals surface area contributed by atoms with Crippen molar-refractivity contribution < 1.29 is 4.79 Å². The number of aryl methyl sites for hydroxylation is 1. The smallest absolute Gasteiger partial charge is 0.187 e. The van der Waals surface area contributed by atoms with Crippen LogP contribution in [-0.2, 0) is 13.6 Å². The summed E-state index contributed by atoms with van der Waals surface area (Å²) in [6, 6.07) is 16.3. The maximum absolute atomic E-state index is 12.8. The van der Waals surface area contributed by atoms with Crippen molar-refractivity contribution in [3.63, 3.8) is 0 Å². The minimum atomic E-state index is 0.0552. The third kappa shape index (κ3) is 4.21. The second-order valence-corrected chi connectivity index (χ2v) is 8.07. The van der Waals surface area contributed by atoms with Gasteiger partial charge in [0, 0.05) is 41.3 Å². The molecular formula is C24H25ClN2O. The lowest BCUT2D eigenvalue weighted by molar-refractivity contribution is 0.104. The molecule has 0 radical (unpaired) electrons. The van der Waals surface area contributed by atoms with Crippen molar-refractivity contribution in [3.8, 4) is 0 Å². The molecule has 1 saturated heterocycles. The van der Waals surface area contributed by atoms with Crippen LogP contribution in [0.3, 0.4) is 0 Å². The molecule has 0 bridgehead atoms. The van der Waals surface area contributed by atoms with E-state index in [1.54, 1.807) is 6.08 Å². The van der Waals surface area contributed by atoms with E-state index in [-0.39, 0.29) is 5.78 Å². The van der Waals surface area contributed by atoms with Gasteiger partial charge in [-0.2, -0.15) is 0 Å². The summed E-state index contributed by atoms with van der Waals surface area (Å²) in [6.07, 6.45) is 7.95. The van der Waals surface area contributed by atoms with Gasteiger partial charge in [-0.3, -0.25) is 9.69 Å². The summed E-state index contributed by atoms with van der Waals surface area (Å²) >= 11 is 6.13. The van der Waals surface area contributed by atoms with Gasteiger partial charge in [-0.05, 0) is 61.7 Å². The third-order valence-electron chi connectivity index (χ3n) is 5.62. The first-order valence-electron chi connectivity index (χ1n) is 9.83. The number of piperidine rings is 1. The van der Waals surface area contributed by atoms with E-state index >= 15 is 0 Å². The van der Waals surface area contributed by atoms with Crippen molar-refractivity contribution in [3.05, 3.63) is 83.0 Å². The molecular weight excluding hydrogens is 368 g/mol. The Morgan fingerprint density at radius 2 is 1.89 bits per heavy atom. The minimum Gasteiger partial charge on any atom is -0.350 e. The maximum Gasteiger partial charge on any atom is 0.187 e. The number of likely N-dealkylation sites (tertiary alicyclic amines) is 1. The number of halogens is 1. The molecule has 2 aromatic carbocycles. The van der Waals surface area contributed by atoms with Gasteiger partial charge in [0.15, 0.2) is 5.78 Å². The van der Waals surface area contributed by atoms with E-state index in [4.69, 9.17) is 11.6 Å². The fraction of sp³-hybridized carbons (Fsp3) is 0.292. The number of carbonyl (C=O) groups is 1. The summed E-state index contributed by atoms with van der Waals surface area (Å²) < 4.78 is 1.98. The zero-order valence-corrected chi connectivity index (χ0v) is 16.9. The van der Waals surface area contributed by atoms with Crippen LogP contribution in [0.4, 0.5) is 0 Å². The van der Waals surface area contributed by atoms with Crippen LogP contribution in [0.2, 0.25) is 5.02 Å². The van der Waals surface area contributed by atoms with Crippen LogP contribution >= 0.6 is 11.6 Å². The molecule has 0 N–H and O–H groups in total. The van der Waals surface area contributed by atoms with Crippen LogP contribution in [0, 0.1) is 5.92 Å². The molecule has 144 valence electrons. The number of ketones is 1. The Morgan fingerprint density at radius 3 is 2.64 bits per heavy atom. The molecule has 28 heavy (non-hydrogen) atoms. The predicted octanol–water partition coefficient (Wildman–Crippen LogP) is 5.48. The molecule has 2 heterocycles. The summed E-state index contributed by atoms with van der Waals surface area (Å²) in [5.41, 5.74) is 3.11. The number of carbonyl (C=O) groups excluding carboxylic acids is 1. The highest BCUT2D eigenvalue weighted by atomic mass is 35.5. The second kappa shape index (κ2) is 8.34. The number of fused-ring (bicyclic) bond motifs is 1. The van der Waals surface area contributed by atoms with Crippen LogP contribution in [0.15, 0.2) is 66.9 Å². The minimum absolute atomic E-state index is 0.0552. The van der Waals surface area contributed by atoms with Crippen LogP contribution in [0.1, 0.15) is 28.8 Å². The van der Waals surface area contributed by atoms with Gasteiger partial charge in [-0.15, -0.1) is 0 Å². The Hall–Kier alpha value is -2.36. The van der Waals surface area contributed by atoms with Crippen LogP contribution < -0.4 is 0 Å². The molecule has 0 unspecified atom stereocenters. The van der Waals surface area contributed by atoms with Gasteiger partial charge >= 0.3 is 0 Å². The lowest BCUT2D eigenvalue weighted by atomic mass is 9.95. The molecule has 0 amide bonds. The predicted molar refractivity (Wildman–Crippen MR) is 116 cm³/mol. The van der Waals surface area contributed by atoms with E-state index in [1.807, 2.05) is 36.0 Å². The lowest BCUT2D eigenvalue weighted by Gasteiger charge is -2.30. The molecule has 0 saturated carbocycles. The van der Waals surface area contributed by atoms with Crippen molar-refractivity contribution in [2.45, 2.75) is 19.4 Å². The standard InChI is InChI=1S/C24H25ClN2O/c1-26-17-22(21-15-20(25)8-9-23(21)26)24(28)10-7-18-11-13-27(14-12-18)16-19-5-3-2-4-6-19/h2-10,15,17-18H,11-14,16H2,1H3. The lowest BCUT2D eigenvalue weighted by Crippen LogP contribution is -2.32. The first-order valence-corrected chi connectivity index (χ1v) is 10.2. The molecule has 1 aliphatic rings. The van der Waals surface area contributed by atoms with Gasteiger partial charge in [-0.1, -0.05) is 48.0 Å². The highest BCUT2D eigenvalue weighted by Crippen LogP contribution is 2.26. The number of hydrogen-bond donors (Lipinski definition) is 0. The van der Waals surface area contributed by atoms with Gasteiger partial charge in [0.25, 0.3) is 0 Å². The summed E-state index contributed by atoms with van der Waals surface area (Å²) in [7, 11) is 1.96. The quantitative estimate of drug-likeness (QED) is 0.424. The molecule has 0 atom stereocenters. The maximum atomic E-state index is 12.8. The molecule has 0 spiro atoms. The molecule has 1 aliphatic heterocycles. The average Bonchev–Trinajstić information content (AvgIpc) is 3.04. The molecule has 0 aliphatic carbocycles. The van der Waals surface area contributed by atoms with Gasteiger partial charge < -0.3 is 4.57 Å². The number of rotatable bonds is 5. The number of hydrogen-bond acceptors (Lipinski definition) is 2. The summed E-state index contributed by atoms with van der Waals surface area (Å²) in [5, 5.41) is 1.57.